The average molecular weight is 519 g/mol. The molecule has 9 heteroatoms. The molecule has 0 saturated carbocycles. The maximum absolute atomic E-state index is 13.2. The van der Waals surface area contributed by atoms with Crippen LogP contribution in [0.2, 0.25) is 0 Å². The van der Waals surface area contributed by atoms with E-state index in [9.17, 15) is 19.8 Å². The highest BCUT2D eigenvalue weighted by molar-refractivity contribution is 7.80. The SMILES string of the molecule is CC(=O)CCCCCNC(=S)Nc1ccc2c(c1)C(=O)OC21c2ccc(O)cc2Oc2cc(O)ccc21. The fourth-order valence-corrected chi connectivity index (χ4v) is 5.06. The molecule has 0 bridgehead atoms. The fourth-order valence-electron chi connectivity index (χ4n) is 4.84. The first-order chi connectivity index (χ1) is 17.8. The van der Waals surface area contributed by atoms with Gasteiger partial charge in [-0.05, 0) is 68.4 Å². The van der Waals surface area contributed by atoms with Crippen molar-refractivity contribution in [3.63, 3.8) is 0 Å². The monoisotopic (exact) mass is 518 g/mol. The molecule has 0 aliphatic carbocycles. The molecule has 0 saturated heterocycles. The highest BCUT2D eigenvalue weighted by atomic mass is 32.1. The molecule has 0 unspecified atom stereocenters. The lowest BCUT2D eigenvalue weighted by molar-refractivity contribution is -0.117. The number of nitrogens with one attached hydrogen (secondary N) is 2. The minimum atomic E-state index is -1.30. The van der Waals surface area contributed by atoms with E-state index in [0.717, 1.165) is 19.3 Å². The standard InChI is InChI=1S/C28H26N2O6S/c1-16(31)5-3-2-4-12-29-27(37)30-17-6-9-21-20(13-17)26(34)36-28(21)22-10-7-18(32)14-24(22)35-25-15-19(33)8-11-23(25)28/h6-11,13-15,32-33H,2-5,12H2,1H3,(H2,29,30,37). The van der Waals surface area contributed by atoms with Crippen LogP contribution in [0.3, 0.4) is 0 Å². The van der Waals surface area contributed by atoms with Crippen LogP contribution in [0.5, 0.6) is 23.0 Å². The quantitative estimate of drug-likeness (QED) is 0.192. The first-order valence-corrected chi connectivity index (χ1v) is 12.5. The number of ether oxygens (including phenoxy) is 2. The van der Waals surface area contributed by atoms with Crippen LogP contribution < -0.4 is 15.4 Å². The van der Waals surface area contributed by atoms with Crippen LogP contribution in [-0.4, -0.2) is 33.6 Å². The number of esters is 1. The number of phenolic OH excluding ortho intramolecular Hbond substituents is 2. The van der Waals surface area contributed by atoms with Crippen LogP contribution in [0.25, 0.3) is 0 Å². The number of anilines is 1. The van der Waals surface area contributed by atoms with Crippen LogP contribution in [-0.2, 0) is 15.1 Å². The van der Waals surface area contributed by atoms with Crippen molar-refractivity contribution < 1.29 is 29.3 Å². The zero-order valence-electron chi connectivity index (χ0n) is 20.2. The molecule has 37 heavy (non-hydrogen) atoms. The van der Waals surface area contributed by atoms with Gasteiger partial charge in [-0.15, -0.1) is 0 Å². The van der Waals surface area contributed by atoms with Crippen molar-refractivity contribution in [2.24, 2.45) is 0 Å². The van der Waals surface area contributed by atoms with Gasteiger partial charge in [0.1, 0.15) is 28.8 Å². The van der Waals surface area contributed by atoms with Gasteiger partial charge in [-0.1, -0.05) is 12.5 Å². The molecule has 3 aromatic carbocycles. The Bertz CT molecular complexity index is 1370. The van der Waals surface area contributed by atoms with Gasteiger partial charge in [0.25, 0.3) is 0 Å². The van der Waals surface area contributed by atoms with E-state index >= 15 is 0 Å². The third-order valence-electron chi connectivity index (χ3n) is 6.52. The summed E-state index contributed by atoms with van der Waals surface area (Å²) in [4.78, 5) is 24.2. The Kier molecular flexibility index (Phi) is 6.47. The average Bonchev–Trinajstić information content (AvgIpc) is 3.13. The number of fused-ring (bicyclic) bond motifs is 6. The van der Waals surface area contributed by atoms with Crippen molar-refractivity contribution in [2.75, 3.05) is 11.9 Å². The van der Waals surface area contributed by atoms with Crippen molar-refractivity contribution in [1.29, 1.82) is 0 Å². The lowest BCUT2D eigenvalue weighted by Crippen LogP contribution is -2.33. The minimum absolute atomic E-state index is 0.00135. The van der Waals surface area contributed by atoms with Crippen molar-refractivity contribution >= 4 is 34.8 Å². The number of Topliss-reactive ketones (excluding diaryl/α,β-unsaturated/α-hetero) is 1. The third kappa shape index (κ3) is 4.58. The van der Waals surface area contributed by atoms with Gasteiger partial charge in [-0.2, -0.15) is 0 Å². The lowest BCUT2D eigenvalue weighted by Gasteiger charge is -2.36. The molecule has 0 radical (unpaired) electrons. The zero-order chi connectivity index (χ0) is 26.2. The number of benzene rings is 3. The molecule has 2 aliphatic heterocycles. The summed E-state index contributed by atoms with van der Waals surface area (Å²) in [5, 5.41) is 26.8. The third-order valence-corrected chi connectivity index (χ3v) is 6.77. The number of rotatable bonds is 7. The molecular formula is C28H26N2O6S. The Morgan fingerprint density at radius 3 is 2.22 bits per heavy atom. The fraction of sp³-hybridized carbons (Fsp3) is 0.250. The van der Waals surface area contributed by atoms with Crippen LogP contribution in [0.15, 0.2) is 54.6 Å². The molecule has 8 nitrogen and oxygen atoms in total. The molecule has 5 rings (SSSR count). The number of thiocarbonyl (C=S) groups is 1. The molecule has 1 spiro atoms. The number of hydrogen-bond donors (Lipinski definition) is 4. The van der Waals surface area contributed by atoms with Gasteiger partial charge in [0.15, 0.2) is 10.7 Å². The van der Waals surface area contributed by atoms with Crippen molar-refractivity contribution in [3.05, 3.63) is 76.9 Å². The van der Waals surface area contributed by atoms with Crippen molar-refractivity contribution in [1.82, 2.24) is 5.32 Å². The number of phenols is 2. The second-order valence-corrected chi connectivity index (χ2v) is 9.60. The summed E-state index contributed by atoms with van der Waals surface area (Å²) in [6, 6.07) is 14.6. The summed E-state index contributed by atoms with van der Waals surface area (Å²) >= 11 is 5.40. The van der Waals surface area contributed by atoms with E-state index in [-0.39, 0.29) is 17.3 Å². The molecule has 2 aliphatic rings. The molecule has 3 aromatic rings. The minimum Gasteiger partial charge on any atom is -0.508 e. The smallest absolute Gasteiger partial charge is 0.340 e. The Labute approximate surface area is 219 Å². The zero-order valence-corrected chi connectivity index (χ0v) is 21.0. The highest BCUT2D eigenvalue weighted by Crippen LogP contribution is 2.57. The number of hydrogen-bond acceptors (Lipinski definition) is 7. The van der Waals surface area contributed by atoms with Crippen molar-refractivity contribution in [2.45, 2.75) is 38.2 Å². The molecule has 4 N–H and O–H groups in total. The topological polar surface area (TPSA) is 117 Å². The Hall–Kier alpha value is -4.11. The molecule has 190 valence electrons. The van der Waals surface area contributed by atoms with Crippen LogP contribution >= 0.6 is 12.2 Å². The van der Waals surface area contributed by atoms with Gasteiger partial charge < -0.3 is 35.1 Å². The highest BCUT2D eigenvalue weighted by Gasteiger charge is 2.53. The largest absolute Gasteiger partial charge is 0.508 e. The number of carbonyl (C=O) groups is 2. The number of aromatic hydroxyl groups is 2. The van der Waals surface area contributed by atoms with E-state index in [1.807, 2.05) is 12.1 Å². The van der Waals surface area contributed by atoms with Gasteiger partial charge in [0.2, 0.25) is 0 Å². The maximum atomic E-state index is 13.2. The van der Waals surface area contributed by atoms with E-state index in [1.165, 1.54) is 24.3 Å². The van der Waals surface area contributed by atoms with Crippen LogP contribution in [0.1, 0.15) is 59.7 Å². The van der Waals surface area contributed by atoms with E-state index in [2.05, 4.69) is 10.6 Å². The predicted molar refractivity (Wildman–Crippen MR) is 141 cm³/mol. The Balaban J connectivity index is 1.41. The Morgan fingerprint density at radius 2 is 1.57 bits per heavy atom. The normalized spacial score (nSPS) is 14.1. The predicted octanol–water partition coefficient (Wildman–Crippen LogP) is 5.10. The first kappa shape index (κ1) is 24.6. The molecule has 0 atom stereocenters. The lowest BCUT2D eigenvalue weighted by atomic mass is 9.77. The summed E-state index contributed by atoms with van der Waals surface area (Å²) in [6.45, 7) is 2.27. The van der Waals surface area contributed by atoms with Crippen LogP contribution in [0, 0.1) is 0 Å². The van der Waals surface area contributed by atoms with Gasteiger partial charge in [0, 0.05) is 47.5 Å². The first-order valence-electron chi connectivity index (χ1n) is 12.0. The van der Waals surface area contributed by atoms with Gasteiger partial charge >= 0.3 is 5.97 Å². The number of carbonyl (C=O) groups excluding carboxylic acids is 2. The summed E-state index contributed by atoms with van der Waals surface area (Å²) in [7, 11) is 0. The van der Waals surface area contributed by atoms with E-state index < -0.39 is 11.6 Å². The van der Waals surface area contributed by atoms with E-state index in [1.54, 1.807) is 25.1 Å². The summed E-state index contributed by atoms with van der Waals surface area (Å²) < 4.78 is 12.1. The molecular weight excluding hydrogens is 492 g/mol. The second kappa shape index (κ2) is 9.74. The summed E-state index contributed by atoms with van der Waals surface area (Å²) in [6.07, 6.45) is 3.28. The van der Waals surface area contributed by atoms with Crippen molar-refractivity contribution in [3.8, 4) is 23.0 Å². The number of ketones is 1. The Morgan fingerprint density at radius 1 is 0.919 bits per heavy atom. The van der Waals surface area contributed by atoms with E-state index in [4.69, 9.17) is 21.7 Å². The molecule has 2 heterocycles. The summed E-state index contributed by atoms with van der Waals surface area (Å²) in [5.41, 5.74) is 1.46. The van der Waals surface area contributed by atoms with E-state index in [0.29, 0.717) is 57.5 Å². The number of unbranched alkanes of at least 4 members (excludes halogenated alkanes) is 2. The molecule has 0 amide bonds. The van der Waals surface area contributed by atoms with Gasteiger partial charge in [0.05, 0.1) is 5.56 Å². The maximum Gasteiger partial charge on any atom is 0.340 e. The van der Waals surface area contributed by atoms with Gasteiger partial charge in [-0.25, -0.2) is 4.79 Å². The van der Waals surface area contributed by atoms with Crippen LogP contribution in [0.4, 0.5) is 5.69 Å². The molecule has 0 aromatic heterocycles. The van der Waals surface area contributed by atoms with Gasteiger partial charge in [-0.3, -0.25) is 0 Å². The molecule has 0 fully saturated rings. The second-order valence-electron chi connectivity index (χ2n) is 9.19. The summed E-state index contributed by atoms with van der Waals surface area (Å²) in [5.74, 6) is 0.348.